The third-order valence-corrected chi connectivity index (χ3v) is 2.67. The first-order valence-electron chi connectivity index (χ1n) is 7.12. The summed E-state index contributed by atoms with van der Waals surface area (Å²) in [4.78, 5) is 15.2. The predicted octanol–water partition coefficient (Wildman–Crippen LogP) is 2.17. The summed E-state index contributed by atoms with van der Waals surface area (Å²) in [7, 11) is 0. The number of nitrogens with zero attached hydrogens (tertiary/aromatic N) is 1. The van der Waals surface area contributed by atoms with Gasteiger partial charge in [-0.2, -0.15) is 0 Å². The summed E-state index contributed by atoms with van der Waals surface area (Å²) in [6.07, 6.45) is 9.09. The van der Waals surface area contributed by atoms with E-state index in [4.69, 9.17) is 5.73 Å². The van der Waals surface area contributed by atoms with Gasteiger partial charge in [-0.25, -0.2) is 4.99 Å². The Morgan fingerprint density at radius 3 is 2.50 bits per heavy atom. The summed E-state index contributed by atoms with van der Waals surface area (Å²) in [6, 6.07) is 0. The van der Waals surface area contributed by atoms with Crippen molar-refractivity contribution >= 4 is 35.8 Å². The van der Waals surface area contributed by atoms with E-state index in [0.717, 1.165) is 13.0 Å². The third kappa shape index (κ3) is 15.3. The van der Waals surface area contributed by atoms with E-state index in [1.54, 1.807) is 6.08 Å². The number of hydrogen-bond donors (Lipinski definition) is 3. The molecule has 0 spiro atoms. The topological polar surface area (TPSA) is 79.5 Å². The molecule has 0 rings (SSSR count). The molecule has 6 heteroatoms. The molecule has 118 valence electrons. The number of nitrogens with one attached hydrogen (secondary N) is 2. The van der Waals surface area contributed by atoms with Gasteiger partial charge in [0.2, 0.25) is 5.91 Å². The van der Waals surface area contributed by atoms with Crippen LogP contribution in [0.25, 0.3) is 0 Å². The molecule has 0 aromatic heterocycles. The number of aliphatic imine (C=N–C) groups is 1. The molecule has 0 bridgehead atoms. The summed E-state index contributed by atoms with van der Waals surface area (Å²) >= 11 is 0. The number of carbonyl (C=O) groups excluding carboxylic acids is 1. The second-order valence-corrected chi connectivity index (χ2v) is 4.49. The van der Waals surface area contributed by atoms with E-state index in [2.05, 4.69) is 29.1 Å². The van der Waals surface area contributed by atoms with E-state index < -0.39 is 0 Å². The lowest BCUT2D eigenvalue weighted by Gasteiger charge is -2.05. The lowest BCUT2D eigenvalue weighted by atomic mass is 10.1. The Morgan fingerprint density at radius 1 is 1.20 bits per heavy atom. The zero-order chi connectivity index (χ0) is 14.3. The van der Waals surface area contributed by atoms with E-state index in [9.17, 15) is 4.79 Å². The number of rotatable bonds is 11. The number of carbonyl (C=O) groups is 1. The monoisotopic (exact) mass is 396 g/mol. The summed E-state index contributed by atoms with van der Waals surface area (Å²) in [5, 5.41) is 5.65. The highest BCUT2D eigenvalue weighted by atomic mass is 127. The van der Waals surface area contributed by atoms with Crippen molar-refractivity contribution in [2.24, 2.45) is 10.7 Å². The number of amides is 1. The number of guanidine groups is 1. The summed E-state index contributed by atoms with van der Waals surface area (Å²) in [5.41, 5.74) is 5.65. The fourth-order valence-electron chi connectivity index (χ4n) is 1.58. The van der Waals surface area contributed by atoms with Crippen molar-refractivity contribution in [1.82, 2.24) is 10.6 Å². The average molecular weight is 396 g/mol. The molecule has 20 heavy (non-hydrogen) atoms. The van der Waals surface area contributed by atoms with Crippen LogP contribution in [-0.4, -0.2) is 31.5 Å². The van der Waals surface area contributed by atoms with Gasteiger partial charge in [-0.1, -0.05) is 45.1 Å². The van der Waals surface area contributed by atoms with Crippen LogP contribution in [0.5, 0.6) is 0 Å². The Hall–Kier alpha value is -0.790. The van der Waals surface area contributed by atoms with E-state index in [0.29, 0.717) is 12.5 Å². The maximum atomic E-state index is 11.2. The maximum absolute atomic E-state index is 11.2. The van der Waals surface area contributed by atoms with Crippen LogP contribution in [0.15, 0.2) is 17.6 Å². The lowest BCUT2D eigenvalue weighted by Crippen LogP contribution is -2.34. The fourth-order valence-corrected chi connectivity index (χ4v) is 1.58. The molecule has 0 aliphatic carbocycles. The molecule has 0 aromatic carbocycles. The predicted molar refractivity (Wildman–Crippen MR) is 96.5 cm³/mol. The zero-order valence-electron chi connectivity index (χ0n) is 12.5. The molecule has 0 unspecified atom stereocenters. The van der Waals surface area contributed by atoms with Crippen molar-refractivity contribution in [3.05, 3.63) is 12.7 Å². The van der Waals surface area contributed by atoms with Crippen molar-refractivity contribution in [3.8, 4) is 0 Å². The molecular weight excluding hydrogens is 367 g/mol. The minimum Gasteiger partial charge on any atom is -0.370 e. The van der Waals surface area contributed by atoms with E-state index in [1.165, 1.54) is 32.1 Å². The van der Waals surface area contributed by atoms with Crippen LogP contribution in [0, 0.1) is 0 Å². The van der Waals surface area contributed by atoms with Crippen molar-refractivity contribution in [2.45, 2.75) is 45.4 Å². The van der Waals surface area contributed by atoms with Gasteiger partial charge in [0.1, 0.15) is 6.54 Å². The van der Waals surface area contributed by atoms with Crippen LogP contribution in [0.2, 0.25) is 0 Å². The molecule has 0 aliphatic rings. The molecule has 0 heterocycles. The van der Waals surface area contributed by atoms with Crippen LogP contribution in [0.3, 0.4) is 0 Å². The molecule has 0 atom stereocenters. The normalized spacial score (nSPS) is 10.6. The first kappa shape index (κ1) is 21.5. The summed E-state index contributed by atoms with van der Waals surface area (Å²) < 4.78 is 0. The Kier molecular flexibility index (Phi) is 17.5. The fraction of sp³-hybridized carbons (Fsp3) is 0.714. The molecule has 4 N–H and O–H groups in total. The number of nitrogens with two attached hydrogens (primary N) is 1. The van der Waals surface area contributed by atoms with Gasteiger partial charge in [0.15, 0.2) is 5.96 Å². The Balaban J connectivity index is 0. The summed E-state index contributed by atoms with van der Waals surface area (Å²) in [5.74, 6) is 0.187. The van der Waals surface area contributed by atoms with E-state index >= 15 is 0 Å². The third-order valence-electron chi connectivity index (χ3n) is 2.67. The van der Waals surface area contributed by atoms with E-state index in [-0.39, 0.29) is 36.4 Å². The molecule has 0 saturated carbocycles. The van der Waals surface area contributed by atoms with Gasteiger partial charge in [-0.3, -0.25) is 4.79 Å². The van der Waals surface area contributed by atoms with Crippen molar-refractivity contribution in [2.75, 3.05) is 19.6 Å². The van der Waals surface area contributed by atoms with Gasteiger partial charge < -0.3 is 16.4 Å². The molecular formula is C14H29IN4O. The highest BCUT2D eigenvalue weighted by Crippen LogP contribution is 2.03. The Labute approximate surface area is 139 Å². The minimum absolute atomic E-state index is 0. The number of unbranched alkanes of at least 4 members (excludes halogenated alkanes) is 5. The van der Waals surface area contributed by atoms with Crippen molar-refractivity contribution in [3.63, 3.8) is 0 Å². The SMILES string of the molecule is C=CCNC(=O)CN=C(N)NCCCCCCCC.I. The van der Waals surface area contributed by atoms with Gasteiger partial charge in [-0.15, -0.1) is 30.6 Å². The molecule has 5 nitrogen and oxygen atoms in total. The number of halogens is 1. The van der Waals surface area contributed by atoms with Crippen LogP contribution < -0.4 is 16.4 Å². The highest BCUT2D eigenvalue weighted by Gasteiger charge is 1.98. The second kappa shape index (κ2) is 16.3. The second-order valence-electron chi connectivity index (χ2n) is 4.49. The minimum atomic E-state index is -0.149. The smallest absolute Gasteiger partial charge is 0.242 e. The van der Waals surface area contributed by atoms with Crippen molar-refractivity contribution in [1.29, 1.82) is 0 Å². The largest absolute Gasteiger partial charge is 0.370 e. The molecule has 1 amide bonds. The molecule has 0 aliphatic heterocycles. The number of hydrogen-bond acceptors (Lipinski definition) is 2. The molecule has 0 saturated heterocycles. The quantitative estimate of drug-likeness (QED) is 0.165. The van der Waals surface area contributed by atoms with Crippen LogP contribution in [0.4, 0.5) is 0 Å². The molecule has 0 radical (unpaired) electrons. The van der Waals surface area contributed by atoms with Crippen LogP contribution in [0.1, 0.15) is 45.4 Å². The van der Waals surface area contributed by atoms with Gasteiger partial charge in [-0.05, 0) is 6.42 Å². The van der Waals surface area contributed by atoms with Gasteiger partial charge in [0, 0.05) is 13.1 Å². The Bertz CT molecular complexity index is 282. The molecule has 0 aromatic rings. The highest BCUT2D eigenvalue weighted by molar-refractivity contribution is 14.0. The van der Waals surface area contributed by atoms with Crippen LogP contribution >= 0.6 is 24.0 Å². The maximum Gasteiger partial charge on any atom is 0.242 e. The van der Waals surface area contributed by atoms with Gasteiger partial charge in [0.25, 0.3) is 0 Å². The summed E-state index contributed by atoms with van der Waals surface area (Å²) in [6.45, 7) is 7.06. The van der Waals surface area contributed by atoms with Gasteiger partial charge >= 0.3 is 0 Å². The molecule has 0 fully saturated rings. The van der Waals surface area contributed by atoms with Crippen LogP contribution in [-0.2, 0) is 4.79 Å². The standard InChI is InChI=1S/C14H28N4O.HI/c1-3-5-6-7-8-9-11-17-14(15)18-12-13(19)16-10-4-2;/h4H,2-3,5-12H2,1H3,(H,16,19)(H3,15,17,18);1H. The first-order chi connectivity index (χ1) is 9.20. The Morgan fingerprint density at radius 2 is 1.85 bits per heavy atom. The van der Waals surface area contributed by atoms with E-state index in [1.807, 2.05) is 0 Å². The first-order valence-corrected chi connectivity index (χ1v) is 7.12. The van der Waals surface area contributed by atoms with Crippen molar-refractivity contribution < 1.29 is 4.79 Å². The van der Waals surface area contributed by atoms with Gasteiger partial charge in [0.05, 0.1) is 0 Å². The zero-order valence-corrected chi connectivity index (χ0v) is 14.8. The average Bonchev–Trinajstić information content (AvgIpc) is 2.41. The lowest BCUT2D eigenvalue weighted by molar-refractivity contribution is -0.119.